The van der Waals surface area contributed by atoms with Gasteiger partial charge in [0.15, 0.2) is 0 Å². The first-order valence-electron chi connectivity index (χ1n) is 8.76. The van der Waals surface area contributed by atoms with E-state index in [-0.39, 0.29) is 17.6 Å². The molecule has 0 saturated heterocycles. The number of carbonyl (C=O) groups is 1. The van der Waals surface area contributed by atoms with E-state index in [1.807, 2.05) is 21.0 Å². The molecule has 0 aliphatic heterocycles. The number of carbonyl (C=O) groups excluding carboxylic acids is 1. The molecule has 1 unspecified atom stereocenters. The van der Waals surface area contributed by atoms with Crippen molar-refractivity contribution < 1.29 is 9.18 Å². The number of anilines is 1. The summed E-state index contributed by atoms with van der Waals surface area (Å²) in [6.45, 7) is 2.01. The zero-order valence-electron chi connectivity index (χ0n) is 14.6. The molecule has 0 N–H and O–H groups in total. The predicted octanol–water partition coefficient (Wildman–Crippen LogP) is 4.63. The molecule has 0 aromatic heterocycles. The number of halogens is 1. The van der Waals surface area contributed by atoms with Crippen LogP contribution in [0.15, 0.2) is 24.3 Å². The molecular weight excluding hydrogens is 291 g/mol. The number of benzene rings is 1. The van der Waals surface area contributed by atoms with Gasteiger partial charge in [0.25, 0.3) is 0 Å². The second-order valence-electron chi connectivity index (χ2n) is 6.96. The lowest BCUT2D eigenvalue weighted by Crippen LogP contribution is -2.44. The van der Waals surface area contributed by atoms with E-state index in [4.69, 9.17) is 0 Å². The zero-order valence-corrected chi connectivity index (χ0v) is 14.6. The molecule has 23 heavy (non-hydrogen) atoms. The van der Waals surface area contributed by atoms with Crippen molar-refractivity contribution in [2.75, 3.05) is 19.1 Å². The first-order chi connectivity index (χ1) is 11.0. The fraction of sp³-hybridized carbons (Fsp3) is 0.632. The van der Waals surface area contributed by atoms with E-state index in [1.54, 1.807) is 22.2 Å². The van der Waals surface area contributed by atoms with Gasteiger partial charge in [0, 0.05) is 20.0 Å². The lowest BCUT2D eigenvalue weighted by molar-refractivity contribution is -0.124. The van der Waals surface area contributed by atoms with E-state index in [2.05, 4.69) is 0 Å². The van der Waals surface area contributed by atoms with E-state index < -0.39 is 0 Å². The quantitative estimate of drug-likeness (QED) is 0.713. The van der Waals surface area contributed by atoms with E-state index in [0.29, 0.717) is 5.69 Å². The van der Waals surface area contributed by atoms with Crippen molar-refractivity contribution in [1.29, 1.82) is 0 Å². The largest absolute Gasteiger partial charge is 0.273 e. The summed E-state index contributed by atoms with van der Waals surface area (Å²) in [4.78, 5) is 12.8. The summed E-state index contributed by atoms with van der Waals surface area (Å²) in [6.07, 6.45) is 8.74. The van der Waals surface area contributed by atoms with E-state index in [0.717, 1.165) is 18.8 Å². The summed E-state index contributed by atoms with van der Waals surface area (Å²) in [5.74, 6) is 0.560. The maximum Gasteiger partial charge on any atom is 0.244 e. The van der Waals surface area contributed by atoms with Crippen LogP contribution < -0.4 is 5.01 Å². The fourth-order valence-electron chi connectivity index (χ4n) is 3.43. The van der Waals surface area contributed by atoms with Crippen LogP contribution in [0.25, 0.3) is 0 Å². The molecule has 1 aromatic rings. The van der Waals surface area contributed by atoms with Gasteiger partial charge in [0.2, 0.25) is 5.91 Å². The topological polar surface area (TPSA) is 23.6 Å². The molecule has 1 aliphatic carbocycles. The Morgan fingerprint density at radius 3 is 2.35 bits per heavy atom. The Hall–Kier alpha value is -1.42. The van der Waals surface area contributed by atoms with Crippen LogP contribution in [0.1, 0.15) is 51.9 Å². The van der Waals surface area contributed by atoms with Crippen LogP contribution >= 0.6 is 0 Å². The Morgan fingerprint density at radius 2 is 1.78 bits per heavy atom. The van der Waals surface area contributed by atoms with Crippen LogP contribution in [0.2, 0.25) is 0 Å². The van der Waals surface area contributed by atoms with E-state index in [9.17, 15) is 9.18 Å². The number of hydrogen-bond donors (Lipinski definition) is 0. The number of hydrogen-bond acceptors (Lipinski definition) is 2. The van der Waals surface area contributed by atoms with Gasteiger partial charge in [-0.05, 0) is 43.0 Å². The number of nitrogens with zero attached hydrogens (tertiary/aromatic N) is 2. The minimum atomic E-state index is -0.287. The van der Waals surface area contributed by atoms with E-state index in [1.165, 1.54) is 44.2 Å². The fourth-order valence-corrected chi connectivity index (χ4v) is 3.43. The molecule has 3 nitrogen and oxygen atoms in total. The number of hydrazine groups is 1. The normalized spacial score (nSPS) is 17.3. The molecule has 0 bridgehead atoms. The molecule has 0 spiro atoms. The molecular formula is C19H29FN2O. The highest BCUT2D eigenvalue weighted by molar-refractivity contribution is 5.93. The molecule has 1 saturated carbocycles. The monoisotopic (exact) mass is 320 g/mol. The van der Waals surface area contributed by atoms with Crippen molar-refractivity contribution >= 4 is 11.6 Å². The summed E-state index contributed by atoms with van der Waals surface area (Å²) >= 11 is 0. The molecule has 1 aliphatic rings. The molecule has 1 amide bonds. The first-order valence-corrected chi connectivity index (χ1v) is 8.76. The molecule has 1 atom stereocenters. The molecule has 128 valence electrons. The summed E-state index contributed by atoms with van der Waals surface area (Å²) in [7, 11) is 3.68. The Kier molecular flexibility index (Phi) is 6.58. The Morgan fingerprint density at radius 1 is 1.17 bits per heavy atom. The maximum absolute atomic E-state index is 13.1. The maximum atomic E-state index is 13.1. The van der Waals surface area contributed by atoms with E-state index >= 15 is 0 Å². The van der Waals surface area contributed by atoms with Crippen LogP contribution in [0, 0.1) is 17.7 Å². The average Bonchev–Trinajstić information content (AvgIpc) is 2.55. The molecule has 0 radical (unpaired) electrons. The van der Waals surface area contributed by atoms with Gasteiger partial charge < -0.3 is 0 Å². The third-order valence-electron chi connectivity index (χ3n) is 4.83. The highest BCUT2D eigenvalue weighted by atomic mass is 19.1. The summed E-state index contributed by atoms with van der Waals surface area (Å²) in [6, 6.07) is 6.10. The Labute approximate surface area is 139 Å². The molecule has 1 aromatic carbocycles. The van der Waals surface area contributed by atoms with Crippen LogP contribution in [0.4, 0.5) is 10.1 Å². The molecule has 4 heteroatoms. The molecule has 1 fully saturated rings. The summed E-state index contributed by atoms with van der Waals surface area (Å²) in [5, 5.41) is 3.41. The van der Waals surface area contributed by atoms with Crippen molar-refractivity contribution in [2.24, 2.45) is 11.8 Å². The second kappa shape index (κ2) is 8.44. The Balaban J connectivity index is 1.97. The van der Waals surface area contributed by atoms with Crippen LogP contribution in [-0.2, 0) is 4.79 Å². The van der Waals surface area contributed by atoms with Gasteiger partial charge in [-0.3, -0.25) is 4.79 Å². The molecule has 2 rings (SSSR count). The summed E-state index contributed by atoms with van der Waals surface area (Å²) < 4.78 is 13.1. The average molecular weight is 320 g/mol. The number of rotatable bonds is 6. The van der Waals surface area contributed by atoms with Gasteiger partial charge >= 0.3 is 0 Å². The SMILES string of the molecule is CC(CCC1CCCCC1)C(=O)N(c1ccc(F)cc1)N(C)C. The van der Waals surface area contributed by atoms with Gasteiger partial charge in [0.1, 0.15) is 5.82 Å². The smallest absolute Gasteiger partial charge is 0.244 e. The summed E-state index contributed by atoms with van der Waals surface area (Å²) in [5.41, 5.74) is 0.714. The van der Waals surface area contributed by atoms with Crippen LogP contribution in [0.5, 0.6) is 0 Å². The Bertz CT molecular complexity index is 495. The lowest BCUT2D eigenvalue weighted by Gasteiger charge is -2.32. The van der Waals surface area contributed by atoms with Gasteiger partial charge in [-0.2, -0.15) is 0 Å². The minimum absolute atomic E-state index is 0.0237. The van der Waals surface area contributed by atoms with Gasteiger partial charge in [-0.15, -0.1) is 0 Å². The van der Waals surface area contributed by atoms with Crippen molar-refractivity contribution in [3.63, 3.8) is 0 Å². The van der Waals surface area contributed by atoms with Crippen LogP contribution in [0.3, 0.4) is 0 Å². The van der Waals surface area contributed by atoms with Gasteiger partial charge in [-0.1, -0.05) is 39.0 Å². The predicted molar refractivity (Wildman–Crippen MR) is 92.5 cm³/mol. The number of amides is 1. The zero-order chi connectivity index (χ0) is 16.8. The van der Waals surface area contributed by atoms with Crippen LogP contribution in [-0.4, -0.2) is 25.0 Å². The third-order valence-corrected chi connectivity index (χ3v) is 4.83. The van der Waals surface area contributed by atoms with Crippen molar-refractivity contribution in [3.8, 4) is 0 Å². The molecule has 0 heterocycles. The van der Waals surface area contributed by atoms with Gasteiger partial charge in [0.05, 0.1) is 5.69 Å². The van der Waals surface area contributed by atoms with Gasteiger partial charge in [-0.25, -0.2) is 14.4 Å². The van der Waals surface area contributed by atoms with Crippen molar-refractivity contribution in [1.82, 2.24) is 5.01 Å². The lowest BCUT2D eigenvalue weighted by atomic mass is 9.84. The van der Waals surface area contributed by atoms with Crippen molar-refractivity contribution in [3.05, 3.63) is 30.1 Å². The van der Waals surface area contributed by atoms with Crippen molar-refractivity contribution in [2.45, 2.75) is 51.9 Å². The third kappa shape index (κ3) is 5.03. The minimum Gasteiger partial charge on any atom is -0.273 e. The highest BCUT2D eigenvalue weighted by Crippen LogP contribution is 2.29. The first kappa shape index (κ1) is 17.9. The standard InChI is InChI=1S/C19H29FN2O/c1-15(9-10-16-7-5-4-6-8-16)19(23)22(21(2)3)18-13-11-17(20)12-14-18/h11-16H,4-10H2,1-3H3. The highest BCUT2D eigenvalue weighted by Gasteiger charge is 2.25. The second-order valence-corrected chi connectivity index (χ2v) is 6.96.